The molecule has 31 heavy (non-hydrogen) atoms. The van der Waals surface area contributed by atoms with E-state index in [-0.39, 0.29) is 16.4 Å². The molecular formula is C22H18N2O5S2. The highest BCUT2D eigenvalue weighted by atomic mass is 32.2. The lowest BCUT2D eigenvalue weighted by Gasteiger charge is -2.15. The number of amides is 2. The molecule has 0 saturated carbocycles. The monoisotopic (exact) mass is 454 g/mol. The van der Waals surface area contributed by atoms with E-state index in [0.29, 0.717) is 28.5 Å². The molecular weight excluding hydrogens is 436 g/mol. The number of carbonyl (C=O) groups excluding carboxylic acids is 2. The van der Waals surface area contributed by atoms with Gasteiger partial charge in [0.25, 0.3) is 11.8 Å². The molecule has 0 aromatic heterocycles. The molecule has 9 heteroatoms. The first-order valence-corrected chi connectivity index (χ1v) is 10.7. The van der Waals surface area contributed by atoms with Gasteiger partial charge in [-0.1, -0.05) is 54.3 Å². The van der Waals surface area contributed by atoms with Crippen molar-refractivity contribution in [3.63, 3.8) is 0 Å². The number of fused-ring (bicyclic) bond motifs is 1. The maximum absolute atomic E-state index is 13.2. The van der Waals surface area contributed by atoms with Crippen molar-refractivity contribution < 1.29 is 24.2 Å². The quantitative estimate of drug-likeness (QED) is 0.530. The van der Waals surface area contributed by atoms with Gasteiger partial charge in [-0.05, 0) is 30.2 Å². The number of nitrogens with zero attached hydrogens (tertiary/aromatic N) is 2. The number of thiocarbonyl (C=S) groups is 1. The number of ether oxygens (including phenoxy) is 1. The minimum absolute atomic E-state index is 0.209. The molecule has 1 saturated heterocycles. The highest BCUT2D eigenvalue weighted by Crippen LogP contribution is 2.44. The first kappa shape index (κ1) is 21.1. The van der Waals surface area contributed by atoms with Crippen molar-refractivity contribution in [3.8, 4) is 5.75 Å². The minimum atomic E-state index is -1.13. The minimum Gasteiger partial charge on any atom is -0.497 e. The van der Waals surface area contributed by atoms with Gasteiger partial charge >= 0.3 is 5.97 Å². The largest absolute Gasteiger partial charge is 0.497 e. The van der Waals surface area contributed by atoms with Crippen LogP contribution in [0.2, 0.25) is 0 Å². The molecule has 0 radical (unpaired) electrons. The van der Waals surface area contributed by atoms with E-state index in [4.69, 9.17) is 17.0 Å². The summed E-state index contributed by atoms with van der Waals surface area (Å²) in [6.07, 6.45) is 0.592. The van der Waals surface area contributed by atoms with E-state index in [1.165, 1.54) is 9.80 Å². The molecule has 0 atom stereocenters. The number of aliphatic carboxylic acids is 1. The summed E-state index contributed by atoms with van der Waals surface area (Å²) >= 11 is 6.50. The Balaban J connectivity index is 1.61. The van der Waals surface area contributed by atoms with Crippen molar-refractivity contribution in [2.75, 3.05) is 25.1 Å². The lowest BCUT2D eigenvalue weighted by Crippen LogP contribution is -2.33. The van der Waals surface area contributed by atoms with Crippen LogP contribution in [-0.2, 0) is 20.8 Å². The van der Waals surface area contributed by atoms with Crippen molar-refractivity contribution in [1.29, 1.82) is 0 Å². The van der Waals surface area contributed by atoms with E-state index in [2.05, 4.69) is 0 Å². The summed E-state index contributed by atoms with van der Waals surface area (Å²) in [6.45, 7) is -0.0977. The number of carboxylic acids is 1. The summed E-state index contributed by atoms with van der Waals surface area (Å²) in [5.74, 6) is -1.21. The number of rotatable bonds is 6. The van der Waals surface area contributed by atoms with E-state index >= 15 is 0 Å². The maximum Gasteiger partial charge on any atom is 0.323 e. The first-order chi connectivity index (χ1) is 14.9. The van der Waals surface area contributed by atoms with E-state index in [9.17, 15) is 19.5 Å². The molecule has 2 aromatic carbocycles. The second-order valence-electron chi connectivity index (χ2n) is 6.93. The fourth-order valence-electron chi connectivity index (χ4n) is 3.57. The van der Waals surface area contributed by atoms with Gasteiger partial charge in [0.05, 0.1) is 23.3 Å². The third-order valence-electron chi connectivity index (χ3n) is 5.08. The number of benzene rings is 2. The lowest BCUT2D eigenvalue weighted by atomic mass is 10.1. The fraction of sp³-hybridized carbons (Fsp3) is 0.182. The molecule has 2 heterocycles. The second-order valence-corrected chi connectivity index (χ2v) is 8.57. The van der Waals surface area contributed by atoms with Crippen molar-refractivity contribution in [2.24, 2.45) is 0 Å². The molecule has 1 N–H and O–H groups in total. The lowest BCUT2D eigenvalue weighted by molar-refractivity contribution is -0.136. The van der Waals surface area contributed by atoms with Gasteiger partial charge in [0.2, 0.25) is 0 Å². The average Bonchev–Trinajstić information content (AvgIpc) is 3.19. The van der Waals surface area contributed by atoms with Crippen LogP contribution in [0.3, 0.4) is 0 Å². The Morgan fingerprint density at radius 2 is 1.77 bits per heavy atom. The topological polar surface area (TPSA) is 87.2 Å². The van der Waals surface area contributed by atoms with Gasteiger partial charge in [0, 0.05) is 12.1 Å². The maximum atomic E-state index is 13.2. The van der Waals surface area contributed by atoms with Gasteiger partial charge < -0.3 is 9.84 Å². The normalized spacial score (nSPS) is 18.0. The Hall–Kier alpha value is -3.17. The SMILES string of the molecule is COc1ccc(CCN2C(=O)C(=C3C(=O)N(CC(=O)O)c4ccccc43)SC2=S)cc1. The summed E-state index contributed by atoms with van der Waals surface area (Å²) in [6, 6.07) is 14.4. The van der Waals surface area contributed by atoms with Crippen LogP contribution in [0.5, 0.6) is 5.75 Å². The number of para-hydroxylation sites is 1. The van der Waals surface area contributed by atoms with E-state index in [1.807, 2.05) is 24.3 Å². The third kappa shape index (κ3) is 3.94. The highest BCUT2D eigenvalue weighted by molar-refractivity contribution is 8.26. The highest BCUT2D eigenvalue weighted by Gasteiger charge is 2.42. The molecule has 2 aliphatic rings. The molecule has 0 aliphatic carbocycles. The number of methoxy groups -OCH3 is 1. The van der Waals surface area contributed by atoms with Gasteiger partial charge in [-0.25, -0.2) is 0 Å². The Labute approximate surface area is 188 Å². The van der Waals surface area contributed by atoms with E-state index in [1.54, 1.807) is 31.4 Å². The summed E-state index contributed by atoms with van der Waals surface area (Å²) in [4.78, 5) is 40.4. The zero-order valence-electron chi connectivity index (χ0n) is 16.5. The molecule has 158 valence electrons. The number of hydrogen-bond donors (Lipinski definition) is 1. The first-order valence-electron chi connectivity index (χ1n) is 9.44. The number of carbonyl (C=O) groups is 3. The Kier molecular flexibility index (Phi) is 5.79. The third-order valence-corrected chi connectivity index (χ3v) is 6.52. The van der Waals surface area contributed by atoms with E-state index in [0.717, 1.165) is 23.1 Å². The van der Waals surface area contributed by atoms with Gasteiger partial charge in [-0.3, -0.25) is 24.2 Å². The Morgan fingerprint density at radius 3 is 2.45 bits per heavy atom. The van der Waals surface area contributed by atoms with Gasteiger partial charge in [0.1, 0.15) is 16.6 Å². The predicted molar refractivity (Wildman–Crippen MR) is 122 cm³/mol. The smallest absolute Gasteiger partial charge is 0.323 e. The standard InChI is InChI=1S/C22H18N2O5S2/c1-29-14-8-6-13(7-9-14)10-11-23-21(28)19(31-22(23)30)18-15-4-2-3-5-16(15)24(20(18)27)12-17(25)26/h2-9H,10-12H2,1H3,(H,25,26). The van der Waals surface area contributed by atoms with Crippen LogP contribution in [0.25, 0.3) is 5.57 Å². The zero-order chi connectivity index (χ0) is 22.1. The zero-order valence-corrected chi connectivity index (χ0v) is 18.2. The van der Waals surface area contributed by atoms with Crippen molar-refractivity contribution in [3.05, 3.63) is 64.6 Å². The Bertz CT molecular complexity index is 1130. The van der Waals surface area contributed by atoms with Crippen LogP contribution in [0.1, 0.15) is 11.1 Å². The predicted octanol–water partition coefficient (Wildman–Crippen LogP) is 2.94. The number of thioether (sulfide) groups is 1. The number of carboxylic acid groups (broad SMARTS) is 1. The average molecular weight is 455 g/mol. The molecule has 0 bridgehead atoms. The van der Waals surface area contributed by atoms with Gasteiger partial charge in [0.15, 0.2) is 0 Å². The molecule has 1 fully saturated rings. The molecule has 2 aliphatic heterocycles. The number of hydrogen-bond acceptors (Lipinski definition) is 6. The summed E-state index contributed by atoms with van der Waals surface area (Å²) in [5, 5.41) is 9.20. The van der Waals surface area contributed by atoms with Crippen molar-refractivity contribution in [2.45, 2.75) is 6.42 Å². The summed E-state index contributed by atoms with van der Waals surface area (Å²) in [5.41, 5.74) is 2.26. The number of anilines is 1. The summed E-state index contributed by atoms with van der Waals surface area (Å²) in [7, 11) is 1.60. The fourth-order valence-corrected chi connectivity index (χ4v) is 4.95. The van der Waals surface area contributed by atoms with Gasteiger partial charge in [-0.2, -0.15) is 0 Å². The van der Waals surface area contributed by atoms with Crippen LogP contribution in [-0.4, -0.2) is 52.3 Å². The van der Waals surface area contributed by atoms with Crippen LogP contribution >= 0.6 is 24.0 Å². The van der Waals surface area contributed by atoms with Gasteiger partial charge in [-0.15, -0.1) is 0 Å². The second kappa shape index (κ2) is 8.52. The van der Waals surface area contributed by atoms with Crippen LogP contribution in [0.15, 0.2) is 53.4 Å². The molecule has 0 spiro atoms. The summed E-state index contributed by atoms with van der Waals surface area (Å²) < 4.78 is 5.53. The molecule has 2 aromatic rings. The molecule has 0 unspecified atom stereocenters. The van der Waals surface area contributed by atoms with Crippen LogP contribution < -0.4 is 9.64 Å². The molecule has 4 rings (SSSR count). The van der Waals surface area contributed by atoms with E-state index < -0.39 is 18.4 Å². The van der Waals surface area contributed by atoms with Crippen molar-refractivity contribution in [1.82, 2.24) is 4.90 Å². The van der Waals surface area contributed by atoms with Crippen LogP contribution in [0.4, 0.5) is 5.69 Å². The van der Waals surface area contributed by atoms with Crippen LogP contribution in [0, 0.1) is 0 Å². The molecule has 7 nitrogen and oxygen atoms in total. The van der Waals surface area contributed by atoms with Crippen molar-refractivity contribution >= 4 is 57.3 Å². The Morgan fingerprint density at radius 1 is 1.06 bits per heavy atom. The molecule has 2 amide bonds.